The monoisotopic (exact) mass is 676 g/mol. The topological polar surface area (TPSA) is 43.2 Å². The summed E-state index contributed by atoms with van der Waals surface area (Å²) in [5.74, 6) is 0.819. The Hall–Kier alpha value is -3.00. The molecule has 5 rings (SSSR count). The Morgan fingerprint density at radius 2 is 1.31 bits per heavy atom. The van der Waals surface area contributed by atoms with Gasteiger partial charge in [-0.15, -0.1) is 0 Å². The first kappa shape index (κ1) is 31.9. The Kier molecular flexibility index (Phi) is 12.2. The van der Waals surface area contributed by atoms with Gasteiger partial charge in [-0.1, -0.05) is 108 Å². The zero-order valence-electron chi connectivity index (χ0n) is 25.3. The zero-order valence-corrected chi connectivity index (χ0v) is 27.4. The van der Waals surface area contributed by atoms with Crippen LogP contribution in [0.15, 0.2) is 83.9 Å². The van der Waals surface area contributed by atoms with Gasteiger partial charge in [-0.05, 0) is 31.0 Å². The molecule has 6 heteroatoms. The molecular weight excluding hydrogens is 631 g/mol. The molecule has 3 heterocycles. The molecule has 0 aliphatic heterocycles. The number of imidazole rings is 1. The lowest BCUT2D eigenvalue weighted by Gasteiger charge is -2.14. The van der Waals surface area contributed by atoms with Crippen LogP contribution in [0.3, 0.4) is 0 Å². The molecule has 3 aromatic heterocycles. The SMILES string of the molecule is CCCCCCCCC[n+]1cccc(-c2nc(-c3ccccc3)c3c(=O)n(CCCCCC)c4ccccc4n23)c1.[I-]. The largest absolute Gasteiger partial charge is 1.00 e. The fourth-order valence-corrected chi connectivity index (χ4v) is 5.93. The van der Waals surface area contributed by atoms with Gasteiger partial charge in [0.15, 0.2) is 18.2 Å². The van der Waals surface area contributed by atoms with Crippen LogP contribution in [0.1, 0.15) is 84.5 Å². The van der Waals surface area contributed by atoms with Gasteiger partial charge in [-0.2, -0.15) is 0 Å². The van der Waals surface area contributed by atoms with Crippen molar-refractivity contribution in [2.24, 2.45) is 0 Å². The fraction of sp³-hybridized carbons (Fsp3) is 0.417. The smallest absolute Gasteiger partial charge is 0.277 e. The molecule has 5 aromatic rings. The van der Waals surface area contributed by atoms with Crippen LogP contribution < -0.4 is 34.1 Å². The van der Waals surface area contributed by atoms with Crippen LogP contribution in [0.2, 0.25) is 0 Å². The number of para-hydroxylation sites is 2. The third-order valence-corrected chi connectivity index (χ3v) is 8.16. The summed E-state index contributed by atoms with van der Waals surface area (Å²) < 4.78 is 6.36. The van der Waals surface area contributed by atoms with Crippen LogP contribution in [0.5, 0.6) is 0 Å². The van der Waals surface area contributed by atoms with Crippen molar-refractivity contribution >= 4 is 16.6 Å². The highest BCUT2D eigenvalue weighted by Gasteiger charge is 2.23. The Balaban J connectivity index is 0.00000405. The van der Waals surface area contributed by atoms with E-state index in [1.165, 1.54) is 57.8 Å². The molecule has 0 aliphatic rings. The van der Waals surface area contributed by atoms with E-state index in [2.05, 4.69) is 77.7 Å². The summed E-state index contributed by atoms with van der Waals surface area (Å²) in [5, 5.41) is 0. The second-order valence-corrected chi connectivity index (χ2v) is 11.3. The average Bonchev–Trinajstić information content (AvgIpc) is 3.42. The number of hydrogen-bond acceptors (Lipinski definition) is 2. The molecular formula is C36H45IN4O. The molecule has 0 spiro atoms. The van der Waals surface area contributed by atoms with Crippen molar-refractivity contribution in [2.45, 2.75) is 97.6 Å². The van der Waals surface area contributed by atoms with Crippen LogP contribution in [0.25, 0.3) is 39.2 Å². The predicted octanol–water partition coefficient (Wildman–Crippen LogP) is 5.61. The molecule has 0 amide bonds. The summed E-state index contributed by atoms with van der Waals surface area (Å²) in [6.45, 7) is 6.19. The van der Waals surface area contributed by atoms with E-state index < -0.39 is 0 Å². The maximum atomic E-state index is 14.3. The number of hydrogen-bond donors (Lipinski definition) is 0. The van der Waals surface area contributed by atoms with Crippen LogP contribution in [-0.2, 0) is 13.1 Å². The van der Waals surface area contributed by atoms with Crippen molar-refractivity contribution in [3.05, 3.63) is 89.5 Å². The van der Waals surface area contributed by atoms with Crippen LogP contribution in [0, 0.1) is 0 Å². The van der Waals surface area contributed by atoms with Gasteiger partial charge in [0.2, 0.25) is 0 Å². The van der Waals surface area contributed by atoms with Gasteiger partial charge >= 0.3 is 0 Å². The number of halogens is 1. The van der Waals surface area contributed by atoms with Gasteiger partial charge in [-0.3, -0.25) is 9.20 Å². The second kappa shape index (κ2) is 16.0. The highest BCUT2D eigenvalue weighted by Crippen LogP contribution is 2.31. The fourth-order valence-electron chi connectivity index (χ4n) is 5.93. The third-order valence-electron chi connectivity index (χ3n) is 8.16. The number of aryl methyl sites for hydroxylation is 2. The Bertz CT molecular complexity index is 1620. The van der Waals surface area contributed by atoms with Crippen molar-refractivity contribution in [2.75, 3.05) is 0 Å². The van der Waals surface area contributed by atoms with Crippen molar-refractivity contribution < 1.29 is 28.5 Å². The van der Waals surface area contributed by atoms with Crippen molar-refractivity contribution in [3.63, 3.8) is 0 Å². The molecule has 0 atom stereocenters. The van der Waals surface area contributed by atoms with Crippen molar-refractivity contribution in [1.29, 1.82) is 0 Å². The maximum absolute atomic E-state index is 14.3. The number of unbranched alkanes of at least 4 members (excludes halogenated alkanes) is 9. The number of fused-ring (bicyclic) bond motifs is 3. The van der Waals surface area contributed by atoms with E-state index in [9.17, 15) is 4.79 Å². The van der Waals surface area contributed by atoms with Crippen LogP contribution >= 0.6 is 0 Å². The van der Waals surface area contributed by atoms with Gasteiger partial charge in [0.05, 0.1) is 16.6 Å². The minimum Gasteiger partial charge on any atom is -1.00 e. The highest BCUT2D eigenvalue weighted by atomic mass is 127. The lowest BCUT2D eigenvalue weighted by molar-refractivity contribution is -0.696. The van der Waals surface area contributed by atoms with Crippen molar-refractivity contribution in [1.82, 2.24) is 14.0 Å². The molecule has 222 valence electrons. The van der Waals surface area contributed by atoms with Gasteiger partial charge < -0.3 is 28.5 Å². The zero-order chi connectivity index (χ0) is 28.4. The van der Waals surface area contributed by atoms with E-state index >= 15 is 0 Å². The predicted molar refractivity (Wildman–Crippen MR) is 170 cm³/mol. The lowest BCUT2D eigenvalue weighted by Crippen LogP contribution is -3.00. The van der Waals surface area contributed by atoms with Gasteiger partial charge in [-0.25, -0.2) is 9.55 Å². The van der Waals surface area contributed by atoms with E-state index in [1.54, 1.807) is 0 Å². The number of nitrogens with zero attached hydrogens (tertiary/aromatic N) is 4. The Morgan fingerprint density at radius 3 is 2.05 bits per heavy atom. The number of rotatable bonds is 15. The second-order valence-electron chi connectivity index (χ2n) is 11.3. The maximum Gasteiger partial charge on any atom is 0.277 e. The minimum atomic E-state index is 0. The molecule has 0 fully saturated rings. The third kappa shape index (κ3) is 7.31. The molecule has 0 saturated carbocycles. The van der Waals surface area contributed by atoms with Crippen LogP contribution in [-0.4, -0.2) is 14.0 Å². The molecule has 0 radical (unpaired) electrons. The van der Waals surface area contributed by atoms with E-state index in [-0.39, 0.29) is 29.5 Å². The number of pyridine rings is 1. The minimum absolute atomic E-state index is 0. The number of aromatic nitrogens is 4. The normalized spacial score (nSPS) is 11.3. The summed E-state index contributed by atoms with van der Waals surface area (Å²) >= 11 is 0. The van der Waals surface area contributed by atoms with Gasteiger partial charge in [0, 0.05) is 24.6 Å². The first-order valence-electron chi connectivity index (χ1n) is 15.8. The summed E-state index contributed by atoms with van der Waals surface area (Å²) in [4.78, 5) is 19.5. The van der Waals surface area contributed by atoms with Gasteiger partial charge in [0.25, 0.3) is 5.56 Å². The molecule has 42 heavy (non-hydrogen) atoms. The summed E-state index contributed by atoms with van der Waals surface area (Å²) in [5.41, 5.74) is 5.41. The molecule has 5 nitrogen and oxygen atoms in total. The van der Waals surface area contributed by atoms with Gasteiger partial charge in [0.1, 0.15) is 17.8 Å². The molecule has 0 saturated heterocycles. The van der Waals surface area contributed by atoms with E-state index in [0.717, 1.165) is 53.1 Å². The summed E-state index contributed by atoms with van der Waals surface area (Å²) in [6, 6.07) is 22.7. The molecule has 2 aromatic carbocycles. The van der Waals surface area contributed by atoms with E-state index in [0.29, 0.717) is 12.1 Å². The van der Waals surface area contributed by atoms with E-state index in [1.807, 2.05) is 28.8 Å². The Labute approximate surface area is 267 Å². The summed E-state index contributed by atoms with van der Waals surface area (Å²) in [7, 11) is 0. The Morgan fingerprint density at radius 1 is 0.690 bits per heavy atom. The van der Waals surface area contributed by atoms with Crippen LogP contribution in [0.4, 0.5) is 0 Å². The van der Waals surface area contributed by atoms with E-state index in [4.69, 9.17) is 4.98 Å². The highest BCUT2D eigenvalue weighted by molar-refractivity contribution is 5.88. The number of benzene rings is 2. The quantitative estimate of drug-likeness (QED) is 0.0824. The molecule has 0 unspecified atom stereocenters. The summed E-state index contributed by atoms with van der Waals surface area (Å²) in [6.07, 6.45) is 17.9. The van der Waals surface area contributed by atoms with Crippen molar-refractivity contribution in [3.8, 4) is 22.6 Å². The first-order valence-corrected chi connectivity index (χ1v) is 15.8. The average molecular weight is 677 g/mol. The molecule has 0 aliphatic carbocycles. The first-order chi connectivity index (χ1) is 20.2. The standard InChI is InChI=1S/C36H45N4O.HI/c1-3-5-7-9-10-11-17-25-38-26-19-22-30(28-38)35-37-33(29-20-13-12-14-21-29)34-36(41)39(27-18-8-6-4-2)31-23-15-16-24-32(31)40(34)35;/h12-16,19-24,26,28H,3-11,17-18,25,27H2,1-2H3;1H/q+1;/p-1. The lowest BCUT2D eigenvalue weighted by atomic mass is 10.1. The molecule has 0 N–H and O–H groups in total. The molecule has 0 bridgehead atoms.